The third-order valence-electron chi connectivity index (χ3n) is 6.12. The standard InChI is InChI=1S/C23H24N4O3S2/c1-16-15-18(32(29,30)25-23-24-11-14-31-23)8-9-19(16)27-13-10-21(22(27)28)26-12-4-6-17-5-2-3-7-20(17)26/h2-3,5,7-9,11,14-15,21H,4,6,10,12-13H2,1H3,(H,24,25)/t21-/m0/s1. The van der Waals surface area contributed by atoms with Gasteiger partial charge >= 0.3 is 0 Å². The van der Waals surface area contributed by atoms with Gasteiger partial charge in [0.15, 0.2) is 5.13 Å². The van der Waals surface area contributed by atoms with Crippen LogP contribution >= 0.6 is 11.3 Å². The molecular weight excluding hydrogens is 444 g/mol. The molecule has 0 spiro atoms. The summed E-state index contributed by atoms with van der Waals surface area (Å²) >= 11 is 1.22. The number of carbonyl (C=O) groups is 1. The predicted octanol–water partition coefficient (Wildman–Crippen LogP) is 3.81. The summed E-state index contributed by atoms with van der Waals surface area (Å²) in [6.07, 6.45) is 4.38. The molecule has 2 aliphatic rings. The van der Waals surface area contributed by atoms with Gasteiger partial charge in [0.05, 0.1) is 4.90 Å². The van der Waals surface area contributed by atoms with Crippen LogP contribution in [0.3, 0.4) is 0 Å². The highest BCUT2D eigenvalue weighted by Crippen LogP contribution is 2.34. The topological polar surface area (TPSA) is 82.6 Å². The van der Waals surface area contributed by atoms with Crippen molar-refractivity contribution in [3.63, 3.8) is 0 Å². The van der Waals surface area contributed by atoms with E-state index in [2.05, 4.69) is 26.7 Å². The van der Waals surface area contributed by atoms with Crippen molar-refractivity contribution in [1.29, 1.82) is 0 Å². The van der Waals surface area contributed by atoms with Crippen molar-refractivity contribution in [1.82, 2.24) is 4.98 Å². The highest BCUT2D eigenvalue weighted by molar-refractivity contribution is 7.93. The number of hydrogen-bond acceptors (Lipinski definition) is 6. The quantitative estimate of drug-likeness (QED) is 0.616. The van der Waals surface area contributed by atoms with Crippen molar-refractivity contribution in [2.24, 2.45) is 0 Å². The second-order valence-electron chi connectivity index (χ2n) is 8.11. The normalized spacial score (nSPS) is 18.7. The lowest BCUT2D eigenvalue weighted by Gasteiger charge is -2.35. The molecule has 0 saturated carbocycles. The molecule has 2 aromatic carbocycles. The van der Waals surface area contributed by atoms with E-state index in [9.17, 15) is 13.2 Å². The van der Waals surface area contributed by atoms with Gasteiger partial charge in [0.1, 0.15) is 6.04 Å². The van der Waals surface area contributed by atoms with Gasteiger partial charge in [-0.25, -0.2) is 13.4 Å². The first-order valence-corrected chi connectivity index (χ1v) is 13.0. The zero-order valence-corrected chi connectivity index (χ0v) is 19.3. The van der Waals surface area contributed by atoms with Gasteiger partial charge in [-0.2, -0.15) is 0 Å². The molecule has 0 unspecified atom stereocenters. The maximum atomic E-state index is 13.4. The van der Waals surface area contributed by atoms with Gasteiger partial charge in [-0.1, -0.05) is 18.2 Å². The monoisotopic (exact) mass is 468 g/mol. The number of thiazole rings is 1. The SMILES string of the molecule is Cc1cc(S(=O)(=O)Nc2nccs2)ccc1N1CC[C@H](N2CCCc3ccccc32)C1=O. The molecule has 0 aliphatic carbocycles. The van der Waals surface area contributed by atoms with Gasteiger partial charge in [-0.05, 0) is 61.6 Å². The first kappa shape index (κ1) is 21.0. The molecule has 9 heteroatoms. The van der Waals surface area contributed by atoms with Gasteiger partial charge in [0.25, 0.3) is 10.0 Å². The molecule has 32 heavy (non-hydrogen) atoms. The van der Waals surface area contributed by atoms with E-state index in [1.165, 1.54) is 16.9 Å². The second kappa shape index (κ2) is 8.22. The Bertz CT molecular complexity index is 1260. The molecule has 1 fully saturated rings. The van der Waals surface area contributed by atoms with Crippen LogP contribution in [0.2, 0.25) is 0 Å². The molecule has 0 radical (unpaired) electrons. The number of rotatable bonds is 5. The van der Waals surface area contributed by atoms with Crippen LogP contribution in [0, 0.1) is 6.92 Å². The second-order valence-corrected chi connectivity index (χ2v) is 10.7. The molecule has 3 heterocycles. The number of hydrogen-bond donors (Lipinski definition) is 1. The lowest BCUT2D eigenvalue weighted by atomic mass is 9.99. The summed E-state index contributed by atoms with van der Waals surface area (Å²) in [6.45, 7) is 3.33. The third-order valence-corrected chi connectivity index (χ3v) is 8.28. The van der Waals surface area contributed by atoms with Crippen molar-refractivity contribution < 1.29 is 13.2 Å². The molecule has 1 N–H and O–H groups in total. The fourth-order valence-corrected chi connectivity index (χ4v) is 6.50. The number of carbonyl (C=O) groups excluding carboxylic acids is 1. The summed E-state index contributed by atoms with van der Waals surface area (Å²) in [5.74, 6) is 0.0707. The van der Waals surface area contributed by atoms with E-state index in [0.29, 0.717) is 11.7 Å². The Hall–Kier alpha value is -2.91. The number of benzene rings is 2. The van der Waals surface area contributed by atoms with Crippen LogP contribution < -0.4 is 14.5 Å². The zero-order valence-electron chi connectivity index (χ0n) is 17.7. The minimum Gasteiger partial charge on any atom is -0.359 e. The molecule has 3 aromatic rings. The molecule has 1 atom stereocenters. The number of nitrogens with zero attached hydrogens (tertiary/aromatic N) is 3. The number of amides is 1. The molecule has 1 aromatic heterocycles. The Morgan fingerprint density at radius 1 is 1.12 bits per heavy atom. The van der Waals surface area contributed by atoms with Crippen LogP contribution in [-0.2, 0) is 21.2 Å². The summed E-state index contributed by atoms with van der Waals surface area (Å²) in [7, 11) is -3.73. The van der Waals surface area contributed by atoms with E-state index >= 15 is 0 Å². The van der Waals surface area contributed by atoms with Crippen molar-refractivity contribution in [2.75, 3.05) is 27.6 Å². The lowest BCUT2D eigenvalue weighted by molar-refractivity contribution is -0.118. The molecular formula is C23H24N4O3S2. The maximum absolute atomic E-state index is 13.4. The highest BCUT2D eigenvalue weighted by atomic mass is 32.2. The van der Waals surface area contributed by atoms with Gasteiger partial charge < -0.3 is 9.80 Å². The molecule has 5 rings (SSSR count). The van der Waals surface area contributed by atoms with Crippen LogP contribution in [0.4, 0.5) is 16.5 Å². The van der Waals surface area contributed by atoms with Gasteiger partial charge in [-0.15, -0.1) is 11.3 Å². The third kappa shape index (κ3) is 3.75. The minimum atomic E-state index is -3.73. The highest BCUT2D eigenvalue weighted by Gasteiger charge is 2.38. The summed E-state index contributed by atoms with van der Waals surface area (Å²) in [4.78, 5) is 21.6. The molecule has 1 saturated heterocycles. The summed E-state index contributed by atoms with van der Waals surface area (Å²) in [5, 5.41) is 2.04. The fraction of sp³-hybridized carbons (Fsp3) is 0.304. The van der Waals surface area contributed by atoms with E-state index < -0.39 is 10.0 Å². The number of nitrogens with one attached hydrogen (secondary N) is 1. The van der Waals surface area contributed by atoms with Gasteiger partial charge in [0, 0.05) is 36.0 Å². The summed E-state index contributed by atoms with van der Waals surface area (Å²) < 4.78 is 27.9. The fourth-order valence-electron chi connectivity index (χ4n) is 4.63. The summed E-state index contributed by atoms with van der Waals surface area (Å²) in [6, 6.07) is 13.0. The largest absolute Gasteiger partial charge is 0.359 e. The van der Waals surface area contributed by atoms with Crippen molar-refractivity contribution in [2.45, 2.75) is 37.1 Å². The van der Waals surface area contributed by atoms with Crippen LogP contribution in [0.15, 0.2) is 58.9 Å². The van der Waals surface area contributed by atoms with Crippen LogP contribution in [-0.4, -0.2) is 38.4 Å². The van der Waals surface area contributed by atoms with E-state index in [0.717, 1.165) is 42.7 Å². The Labute approximate surface area is 191 Å². The average Bonchev–Trinajstić information content (AvgIpc) is 3.42. The van der Waals surface area contributed by atoms with Crippen molar-refractivity contribution >= 4 is 43.8 Å². The van der Waals surface area contributed by atoms with Gasteiger partial charge in [0.2, 0.25) is 5.91 Å². The first-order chi connectivity index (χ1) is 15.4. The van der Waals surface area contributed by atoms with E-state index in [1.807, 2.05) is 19.1 Å². The number of aromatic nitrogens is 1. The number of fused-ring (bicyclic) bond motifs is 1. The Morgan fingerprint density at radius 2 is 1.97 bits per heavy atom. The van der Waals surface area contributed by atoms with Crippen molar-refractivity contribution in [3.8, 4) is 0 Å². The molecule has 1 amide bonds. The Morgan fingerprint density at radius 3 is 2.75 bits per heavy atom. The molecule has 7 nitrogen and oxygen atoms in total. The summed E-state index contributed by atoms with van der Waals surface area (Å²) in [5.41, 5.74) is 3.96. The molecule has 0 bridgehead atoms. The van der Waals surface area contributed by atoms with Crippen LogP contribution in [0.1, 0.15) is 24.0 Å². The molecule has 166 valence electrons. The van der Waals surface area contributed by atoms with E-state index in [-0.39, 0.29) is 16.8 Å². The smallest absolute Gasteiger partial charge is 0.263 e. The first-order valence-electron chi connectivity index (χ1n) is 10.6. The number of para-hydroxylation sites is 1. The number of aryl methyl sites for hydroxylation is 2. The predicted molar refractivity (Wildman–Crippen MR) is 127 cm³/mol. The van der Waals surface area contributed by atoms with E-state index in [1.54, 1.807) is 34.7 Å². The van der Waals surface area contributed by atoms with Gasteiger partial charge in [-0.3, -0.25) is 9.52 Å². The van der Waals surface area contributed by atoms with Crippen LogP contribution in [0.5, 0.6) is 0 Å². The molecule has 2 aliphatic heterocycles. The average molecular weight is 469 g/mol. The van der Waals surface area contributed by atoms with Crippen LogP contribution in [0.25, 0.3) is 0 Å². The Kier molecular flexibility index (Phi) is 5.38. The Balaban J connectivity index is 1.38. The van der Waals surface area contributed by atoms with E-state index in [4.69, 9.17) is 0 Å². The number of anilines is 3. The maximum Gasteiger partial charge on any atom is 0.263 e. The lowest BCUT2D eigenvalue weighted by Crippen LogP contribution is -2.44. The zero-order chi connectivity index (χ0) is 22.3. The minimum absolute atomic E-state index is 0.0707. The van der Waals surface area contributed by atoms with Crippen molar-refractivity contribution in [3.05, 3.63) is 65.2 Å². The number of sulfonamides is 1.